The number of fused-ring (bicyclic) bond motifs is 1. The molecule has 0 unspecified atom stereocenters. The molecule has 3 N–H and O–H groups in total. The number of carbonyl (C=O) groups is 2. The lowest BCUT2D eigenvalue weighted by Gasteiger charge is -2.11. The molecule has 0 bridgehead atoms. The highest BCUT2D eigenvalue weighted by Gasteiger charge is 2.14. The minimum Gasteiger partial charge on any atom is -0.483 e. The van der Waals surface area contributed by atoms with Crippen LogP contribution in [0.2, 0.25) is 0 Å². The largest absolute Gasteiger partial charge is 0.483 e. The molecule has 0 aliphatic carbocycles. The predicted octanol–water partition coefficient (Wildman–Crippen LogP) is 2.22. The first-order valence-corrected chi connectivity index (χ1v) is 7.80. The van der Waals surface area contributed by atoms with Crippen molar-refractivity contribution in [3.8, 4) is 5.75 Å². The second-order valence-electron chi connectivity index (χ2n) is 5.66. The summed E-state index contributed by atoms with van der Waals surface area (Å²) in [6, 6.07) is 13.0. The van der Waals surface area contributed by atoms with Gasteiger partial charge in [0.25, 0.3) is 11.8 Å². The summed E-state index contributed by atoms with van der Waals surface area (Å²) in [7, 11) is 0. The topological polar surface area (TPSA) is 112 Å². The van der Waals surface area contributed by atoms with E-state index in [0.29, 0.717) is 11.3 Å². The molecular weight excluding hydrogens is 336 g/mol. The number of ether oxygens (including phenoxy) is 1. The lowest BCUT2D eigenvalue weighted by molar-refractivity contribution is -0.119. The molecule has 0 aliphatic heterocycles. The molecule has 0 saturated heterocycles. The Morgan fingerprint density at radius 2 is 1.92 bits per heavy atom. The number of benzene rings is 2. The van der Waals surface area contributed by atoms with Crippen LogP contribution >= 0.6 is 0 Å². The van der Waals surface area contributed by atoms with Gasteiger partial charge in [0.05, 0.1) is 5.56 Å². The molecule has 2 aromatic carbocycles. The zero-order valence-electron chi connectivity index (χ0n) is 13.9. The SMILES string of the molecule is Cc1cc(=O)oc2cc(NC(=O)c3ccccc3OCC(N)=O)ccc12. The molecule has 0 saturated carbocycles. The zero-order chi connectivity index (χ0) is 18.7. The van der Waals surface area contributed by atoms with Gasteiger partial charge in [-0.3, -0.25) is 9.59 Å². The molecule has 7 nitrogen and oxygen atoms in total. The highest BCUT2D eigenvalue weighted by Crippen LogP contribution is 2.23. The highest BCUT2D eigenvalue weighted by atomic mass is 16.5. The fourth-order valence-corrected chi connectivity index (χ4v) is 2.53. The summed E-state index contributed by atoms with van der Waals surface area (Å²) in [5, 5.41) is 3.51. The van der Waals surface area contributed by atoms with Crippen LogP contribution in [0.5, 0.6) is 5.75 Å². The lowest BCUT2D eigenvalue weighted by Crippen LogP contribution is -2.21. The summed E-state index contributed by atoms with van der Waals surface area (Å²) < 4.78 is 10.4. The van der Waals surface area contributed by atoms with Gasteiger partial charge < -0.3 is 20.2 Å². The smallest absolute Gasteiger partial charge is 0.336 e. The van der Waals surface area contributed by atoms with Gasteiger partial charge in [-0.15, -0.1) is 0 Å². The van der Waals surface area contributed by atoms with Gasteiger partial charge >= 0.3 is 5.63 Å². The molecule has 0 aliphatic rings. The van der Waals surface area contributed by atoms with Crippen LogP contribution < -0.4 is 21.4 Å². The molecule has 132 valence electrons. The minimum absolute atomic E-state index is 0.243. The monoisotopic (exact) mass is 352 g/mol. The highest BCUT2D eigenvalue weighted by molar-refractivity contribution is 6.06. The van der Waals surface area contributed by atoms with E-state index in [0.717, 1.165) is 10.9 Å². The summed E-state index contributed by atoms with van der Waals surface area (Å²) in [6.07, 6.45) is 0. The number of anilines is 1. The van der Waals surface area contributed by atoms with Crippen LogP contribution in [0.1, 0.15) is 15.9 Å². The van der Waals surface area contributed by atoms with Crippen LogP contribution in [0.4, 0.5) is 5.69 Å². The third-order valence-corrected chi connectivity index (χ3v) is 3.71. The maximum absolute atomic E-state index is 12.5. The van der Waals surface area contributed by atoms with E-state index in [4.69, 9.17) is 14.9 Å². The first kappa shape index (κ1) is 17.2. The van der Waals surface area contributed by atoms with Crippen molar-refractivity contribution in [2.45, 2.75) is 6.92 Å². The number of rotatable bonds is 5. The van der Waals surface area contributed by atoms with E-state index in [1.165, 1.54) is 6.07 Å². The Balaban J connectivity index is 1.87. The molecule has 3 aromatic rings. The fourth-order valence-electron chi connectivity index (χ4n) is 2.53. The quantitative estimate of drug-likeness (QED) is 0.684. The number of hydrogen-bond donors (Lipinski definition) is 2. The average molecular weight is 352 g/mol. The third-order valence-electron chi connectivity index (χ3n) is 3.71. The number of hydrogen-bond acceptors (Lipinski definition) is 5. The Kier molecular flexibility index (Phi) is 4.70. The van der Waals surface area contributed by atoms with Gasteiger partial charge in [0.1, 0.15) is 11.3 Å². The molecule has 0 radical (unpaired) electrons. The number of nitrogens with two attached hydrogens (primary N) is 1. The van der Waals surface area contributed by atoms with Gasteiger partial charge in [0.2, 0.25) is 0 Å². The van der Waals surface area contributed by atoms with Crippen molar-refractivity contribution >= 4 is 28.5 Å². The van der Waals surface area contributed by atoms with Crippen molar-refractivity contribution < 1.29 is 18.7 Å². The summed E-state index contributed by atoms with van der Waals surface area (Å²) in [5.41, 5.74) is 6.49. The van der Waals surface area contributed by atoms with Crippen LogP contribution in [-0.4, -0.2) is 18.4 Å². The fraction of sp³-hybridized carbons (Fsp3) is 0.105. The van der Waals surface area contributed by atoms with E-state index >= 15 is 0 Å². The molecular formula is C19H16N2O5. The van der Waals surface area contributed by atoms with E-state index in [9.17, 15) is 14.4 Å². The number of primary amides is 1. The van der Waals surface area contributed by atoms with Crippen molar-refractivity contribution in [3.05, 3.63) is 70.1 Å². The van der Waals surface area contributed by atoms with Crippen LogP contribution in [0, 0.1) is 6.92 Å². The van der Waals surface area contributed by atoms with Gasteiger partial charge in [0.15, 0.2) is 6.61 Å². The van der Waals surface area contributed by atoms with E-state index in [1.54, 1.807) is 42.5 Å². The molecule has 1 heterocycles. The number of para-hydroxylation sites is 1. The molecule has 0 fully saturated rings. The maximum atomic E-state index is 12.5. The molecule has 3 rings (SSSR count). The van der Waals surface area contributed by atoms with Crippen LogP contribution in [0.3, 0.4) is 0 Å². The molecule has 26 heavy (non-hydrogen) atoms. The van der Waals surface area contributed by atoms with E-state index < -0.39 is 17.4 Å². The first-order valence-electron chi connectivity index (χ1n) is 7.80. The van der Waals surface area contributed by atoms with Crippen molar-refractivity contribution in [2.24, 2.45) is 5.73 Å². The summed E-state index contributed by atoms with van der Waals surface area (Å²) >= 11 is 0. The number of carbonyl (C=O) groups excluding carboxylic acids is 2. The van der Waals surface area contributed by atoms with Gasteiger partial charge in [-0.2, -0.15) is 0 Å². The molecule has 1 aromatic heterocycles. The zero-order valence-corrected chi connectivity index (χ0v) is 13.9. The lowest BCUT2D eigenvalue weighted by atomic mass is 10.1. The molecule has 0 atom stereocenters. The van der Waals surface area contributed by atoms with Gasteiger partial charge in [0, 0.05) is 23.2 Å². The Hall–Kier alpha value is -3.61. The maximum Gasteiger partial charge on any atom is 0.336 e. The van der Waals surface area contributed by atoms with E-state index in [1.807, 2.05) is 6.92 Å². The third kappa shape index (κ3) is 3.72. The van der Waals surface area contributed by atoms with Gasteiger partial charge in [-0.1, -0.05) is 12.1 Å². The average Bonchev–Trinajstić information content (AvgIpc) is 2.59. The van der Waals surface area contributed by atoms with Crippen molar-refractivity contribution in [3.63, 3.8) is 0 Å². The Morgan fingerprint density at radius 1 is 1.15 bits per heavy atom. The van der Waals surface area contributed by atoms with E-state index in [2.05, 4.69) is 5.32 Å². The van der Waals surface area contributed by atoms with Crippen molar-refractivity contribution in [1.82, 2.24) is 0 Å². The second kappa shape index (κ2) is 7.10. The Morgan fingerprint density at radius 3 is 2.69 bits per heavy atom. The van der Waals surface area contributed by atoms with E-state index in [-0.39, 0.29) is 17.9 Å². The van der Waals surface area contributed by atoms with Gasteiger partial charge in [-0.25, -0.2) is 4.79 Å². The van der Waals surface area contributed by atoms with Crippen LogP contribution in [-0.2, 0) is 4.79 Å². The number of aryl methyl sites for hydroxylation is 1. The van der Waals surface area contributed by atoms with Crippen LogP contribution in [0.25, 0.3) is 11.0 Å². The Labute approximate surface area is 148 Å². The minimum atomic E-state index is -0.639. The van der Waals surface area contributed by atoms with Gasteiger partial charge in [-0.05, 0) is 36.8 Å². The van der Waals surface area contributed by atoms with Crippen molar-refractivity contribution in [1.29, 1.82) is 0 Å². The molecule has 0 spiro atoms. The summed E-state index contributed by atoms with van der Waals surface area (Å²) in [4.78, 5) is 35.0. The standard InChI is InChI=1S/C19H16N2O5/c1-11-8-18(23)26-16-9-12(6-7-13(11)16)21-19(24)14-4-2-3-5-15(14)25-10-17(20)22/h2-9H,10H2,1H3,(H2,20,22)(H,21,24). The Bertz CT molecular complexity index is 1060. The predicted molar refractivity (Wildman–Crippen MR) is 96.3 cm³/mol. The first-order chi connectivity index (χ1) is 12.4. The van der Waals surface area contributed by atoms with Crippen molar-refractivity contribution in [2.75, 3.05) is 11.9 Å². The number of amides is 2. The molecule has 2 amide bonds. The summed E-state index contributed by atoms with van der Waals surface area (Å²) in [6.45, 7) is 1.48. The molecule has 7 heteroatoms. The summed E-state index contributed by atoms with van der Waals surface area (Å²) in [5.74, 6) is -0.827. The van der Waals surface area contributed by atoms with Crippen LogP contribution in [0.15, 0.2) is 57.7 Å². The second-order valence-corrected chi connectivity index (χ2v) is 5.66. The normalized spacial score (nSPS) is 10.5. The number of nitrogens with one attached hydrogen (secondary N) is 1.